The van der Waals surface area contributed by atoms with Gasteiger partial charge in [0.2, 0.25) is 5.91 Å². The summed E-state index contributed by atoms with van der Waals surface area (Å²) in [7, 11) is 0. The molecule has 0 atom stereocenters. The van der Waals surface area contributed by atoms with E-state index in [1.807, 2.05) is 13.8 Å². The van der Waals surface area contributed by atoms with Crippen LogP contribution in [0.5, 0.6) is 0 Å². The van der Waals surface area contributed by atoms with Crippen LogP contribution in [-0.2, 0) is 4.79 Å². The Morgan fingerprint density at radius 3 is 2.38 bits per heavy atom. The molecule has 1 saturated heterocycles. The second kappa shape index (κ2) is 11.4. The third kappa shape index (κ3) is 7.14. The number of hydrogen-bond donors (Lipinski definition) is 3. The van der Waals surface area contributed by atoms with Crippen LogP contribution in [-0.4, -0.2) is 61.6 Å². The summed E-state index contributed by atoms with van der Waals surface area (Å²) in [5, 5.41) is 9.84. The summed E-state index contributed by atoms with van der Waals surface area (Å²) in [6, 6.07) is 1.33. The van der Waals surface area contributed by atoms with Gasteiger partial charge in [0.15, 0.2) is 5.96 Å². The van der Waals surface area contributed by atoms with Crippen LogP contribution in [0.2, 0.25) is 0 Å². The molecule has 1 aliphatic heterocycles. The zero-order valence-corrected chi connectivity index (χ0v) is 17.0. The predicted molar refractivity (Wildman–Crippen MR) is 108 cm³/mol. The maximum absolute atomic E-state index is 11.6. The summed E-state index contributed by atoms with van der Waals surface area (Å²) in [5.74, 6) is 0.996. The fourth-order valence-corrected chi connectivity index (χ4v) is 3.92. The Bertz CT molecular complexity index is 437. The molecule has 1 amide bonds. The first kappa shape index (κ1) is 21.0. The highest BCUT2D eigenvalue weighted by molar-refractivity contribution is 5.80. The van der Waals surface area contributed by atoms with E-state index >= 15 is 0 Å². The maximum atomic E-state index is 11.6. The van der Waals surface area contributed by atoms with E-state index in [2.05, 4.69) is 32.8 Å². The van der Waals surface area contributed by atoms with E-state index in [1.54, 1.807) is 0 Å². The van der Waals surface area contributed by atoms with Crippen molar-refractivity contribution in [3.8, 4) is 0 Å². The molecular formula is C20H39N5O. The highest BCUT2D eigenvalue weighted by atomic mass is 16.1. The topological polar surface area (TPSA) is 68.8 Å². The molecule has 1 saturated carbocycles. The van der Waals surface area contributed by atoms with E-state index in [-0.39, 0.29) is 11.8 Å². The van der Waals surface area contributed by atoms with Crippen LogP contribution in [0.4, 0.5) is 0 Å². The number of hydrogen-bond acceptors (Lipinski definition) is 3. The Morgan fingerprint density at radius 2 is 1.77 bits per heavy atom. The van der Waals surface area contributed by atoms with Crippen LogP contribution < -0.4 is 16.0 Å². The summed E-state index contributed by atoms with van der Waals surface area (Å²) in [6.45, 7) is 10.4. The van der Waals surface area contributed by atoms with Crippen molar-refractivity contribution in [3.05, 3.63) is 0 Å². The number of amides is 1. The van der Waals surface area contributed by atoms with E-state index in [9.17, 15) is 4.79 Å². The molecule has 3 N–H and O–H groups in total. The molecule has 0 radical (unpaired) electrons. The largest absolute Gasteiger partial charge is 0.357 e. The minimum Gasteiger partial charge on any atom is -0.357 e. The summed E-state index contributed by atoms with van der Waals surface area (Å²) >= 11 is 0. The van der Waals surface area contributed by atoms with Crippen molar-refractivity contribution in [2.45, 2.75) is 77.8 Å². The van der Waals surface area contributed by atoms with E-state index in [1.165, 1.54) is 58.0 Å². The molecule has 0 aromatic rings. The Balaban J connectivity index is 1.71. The van der Waals surface area contributed by atoms with Crippen molar-refractivity contribution >= 4 is 11.9 Å². The van der Waals surface area contributed by atoms with Crippen molar-refractivity contribution in [2.75, 3.05) is 32.7 Å². The van der Waals surface area contributed by atoms with Gasteiger partial charge in [0.25, 0.3) is 0 Å². The van der Waals surface area contributed by atoms with Gasteiger partial charge in [-0.1, -0.05) is 33.1 Å². The summed E-state index contributed by atoms with van der Waals surface area (Å²) in [4.78, 5) is 18.9. The van der Waals surface area contributed by atoms with E-state index in [0.29, 0.717) is 19.1 Å². The molecule has 1 aliphatic carbocycles. The van der Waals surface area contributed by atoms with Crippen molar-refractivity contribution in [3.63, 3.8) is 0 Å². The summed E-state index contributed by atoms with van der Waals surface area (Å²) in [6.07, 6.45) is 9.40. The monoisotopic (exact) mass is 365 g/mol. The number of carbonyl (C=O) groups is 1. The molecule has 6 heteroatoms. The molecule has 26 heavy (non-hydrogen) atoms. The van der Waals surface area contributed by atoms with Crippen LogP contribution in [0.3, 0.4) is 0 Å². The van der Waals surface area contributed by atoms with Gasteiger partial charge >= 0.3 is 0 Å². The molecule has 2 rings (SSSR count). The SMILES string of the molecule is CCNC(=NCCNC(=O)C(C)C)NC1CCN(C2CCCCC2)CC1. The number of likely N-dealkylation sites (tertiary alicyclic amines) is 1. The first-order valence-electron chi connectivity index (χ1n) is 10.7. The van der Waals surface area contributed by atoms with Gasteiger partial charge in [0.05, 0.1) is 6.54 Å². The minimum absolute atomic E-state index is 0.0275. The Kier molecular flexibility index (Phi) is 9.23. The molecule has 0 aromatic heterocycles. The molecule has 2 aliphatic rings. The zero-order valence-electron chi connectivity index (χ0n) is 17.0. The molecular weight excluding hydrogens is 326 g/mol. The first-order valence-corrected chi connectivity index (χ1v) is 10.7. The molecule has 2 fully saturated rings. The van der Waals surface area contributed by atoms with Crippen LogP contribution in [0.1, 0.15) is 65.7 Å². The van der Waals surface area contributed by atoms with Gasteiger partial charge in [-0.3, -0.25) is 9.79 Å². The average molecular weight is 366 g/mol. The molecule has 0 aromatic carbocycles. The number of aliphatic imine (C=N–C) groups is 1. The Labute approximate surface area is 159 Å². The molecule has 0 spiro atoms. The normalized spacial score (nSPS) is 21.0. The van der Waals surface area contributed by atoms with E-state index < -0.39 is 0 Å². The van der Waals surface area contributed by atoms with E-state index in [4.69, 9.17) is 0 Å². The Hall–Kier alpha value is -1.30. The van der Waals surface area contributed by atoms with Gasteiger partial charge < -0.3 is 20.9 Å². The van der Waals surface area contributed by atoms with Crippen LogP contribution in [0.25, 0.3) is 0 Å². The zero-order chi connectivity index (χ0) is 18.8. The number of guanidine groups is 1. The lowest BCUT2D eigenvalue weighted by Crippen LogP contribution is -2.51. The van der Waals surface area contributed by atoms with Crippen molar-refractivity contribution in [2.24, 2.45) is 10.9 Å². The van der Waals surface area contributed by atoms with Crippen LogP contribution in [0.15, 0.2) is 4.99 Å². The van der Waals surface area contributed by atoms with Crippen LogP contribution in [0, 0.1) is 5.92 Å². The van der Waals surface area contributed by atoms with Crippen molar-refractivity contribution in [1.82, 2.24) is 20.9 Å². The van der Waals surface area contributed by atoms with Gasteiger partial charge in [0, 0.05) is 44.2 Å². The highest BCUT2D eigenvalue weighted by Crippen LogP contribution is 2.25. The average Bonchev–Trinajstić information content (AvgIpc) is 2.66. The summed E-state index contributed by atoms with van der Waals surface area (Å²) < 4.78 is 0. The second-order valence-electron chi connectivity index (χ2n) is 7.95. The van der Waals surface area contributed by atoms with Gasteiger partial charge in [0.1, 0.15) is 0 Å². The number of carbonyl (C=O) groups excluding carboxylic acids is 1. The van der Waals surface area contributed by atoms with Crippen molar-refractivity contribution in [1.29, 1.82) is 0 Å². The number of nitrogens with zero attached hydrogens (tertiary/aromatic N) is 2. The maximum Gasteiger partial charge on any atom is 0.222 e. The minimum atomic E-state index is 0.0275. The molecule has 0 unspecified atom stereocenters. The first-order chi connectivity index (χ1) is 12.6. The fraction of sp³-hybridized carbons (Fsp3) is 0.900. The smallest absolute Gasteiger partial charge is 0.222 e. The lowest BCUT2D eigenvalue weighted by Gasteiger charge is -2.39. The lowest BCUT2D eigenvalue weighted by atomic mass is 9.92. The molecule has 1 heterocycles. The van der Waals surface area contributed by atoms with Crippen LogP contribution >= 0.6 is 0 Å². The second-order valence-corrected chi connectivity index (χ2v) is 7.95. The van der Waals surface area contributed by atoms with Gasteiger partial charge in [-0.25, -0.2) is 0 Å². The number of piperidine rings is 1. The van der Waals surface area contributed by atoms with Gasteiger partial charge in [-0.15, -0.1) is 0 Å². The third-order valence-electron chi connectivity index (χ3n) is 5.51. The fourth-order valence-electron chi connectivity index (χ4n) is 3.92. The number of nitrogens with one attached hydrogen (secondary N) is 3. The number of rotatable bonds is 7. The lowest BCUT2D eigenvalue weighted by molar-refractivity contribution is -0.123. The Morgan fingerprint density at radius 1 is 1.08 bits per heavy atom. The molecule has 6 nitrogen and oxygen atoms in total. The summed E-state index contributed by atoms with van der Waals surface area (Å²) in [5.41, 5.74) is 0. The van der Waals surface area contributed by atoms with Gasteiger partial charge in [-0.05, 0) is 32.6 Å². The standard InChI is InChI=1S/C20H39N5O/c1-4-21-20(23-13-12-22-19(26)16(2)3)24-17-10-14-25(15-11-17)18-8-6-5-7-9-18/h16-18H,4-15H2,1-3H3,(H,22,26)(H2,21,23,24). The highest BCUT2D eigenvalue weighted by Gasteiger charge is 2.26. The third-order valence-corrected chi connectivity index (χ3v) is 5.51. The van der Waals surface area contributed by atoms with E-state index in [0.717, 1.165) is 18.5 Å². The predicted octanol–water partition coefficient (Wildman–Crippen LogP) is 2.11. The van der Waals surface area contributed by atoms with Gasteiger partial charge in [-0.2, -0.15) is 0 Å². The quantitative estimate of drug-likeness (QED) is 0.367. The molecule has 0 bridgehead atoms. The van der Waals surface area contributed by atoms with Crippen molar-refractivity contribution < 1.29 is 4.79 Å². The molecule has 150 valence electrons.